The SMILES string of the molecule is C[Si]1(C)c2ccccc2-c2ccc(N(c3ccc(-c4cccc5ccccc45)cc3)c3ccc4c(c3)[Si](C)(C)c3ccc5oc6ccccc6c5c3-4)cc21. The highest BCUT2D eigenvalue weighted by molar-refractivity contribution is 7.04. The second kappa shape index (κ2) is 11.3. The molecule has 2 nitrogen and oxygen atoms in total. The quantitative estimate of drug-likeness (QED) is 0.168. The first-order valence-electron chi connectivity index (χ1n) is 19.0. The minimum absolute atomic E-state index is 0.953. The van der Waals surface area contributed by atoms with Crippen molar-refractivity contribution in [2.75, 3.05) is 4.90 Å². The molecular formula is C50H39NOSi2. The molecule has 0 spiro atoms. The zero-order chi connectivity index (χ0) is 36.3. The number of furan rings is 1. The summed E-state index contributed by atoms with van der Waals surface area (Å²) in [5.74, 6) is 0. The van der Waals surface area contributed by atoms with E-state index in [2.05, 4.69) is 195 Å². The number of rotatable bonds is 4. The van der Waals surface area contributed by atoms with E-state index in [1.807, 2.05) is 0 Å². The van der Waals surface area contributed by atoms with Gasteiger partial charge in [-0.3, -0.25) is 0 Å². The van der Waals surface area contributed by atoms with E-state index in [9.17, 15) is 0 Å². The average molecular weight is 726 g/mol. The van der Waals surface area contributed by atoms with Gasteiger partial charge in [0.25, 0.3) is 0 Å². The van der Waals surface area contributed by atoms with Crippen molar-refractivity contribution in [3.8, 4) is 33.4 Å². The molecule has 1 aromatic heterocycles. The van der Waals surface area contributed by atoms with Crippen molar-refractivity contribution < 1.29 is 4.42 Å². The fourth-order valence-corrected chi connectivity index (χ4v) is 15.9. The molecule has 54 heavy (non-hydrogen) atoms. The zero-order valence-electron chi connectivity index (χ0n) is 30.9. The molecule has 0 radical (unpaired) electrons. The zero-order valence-corrected chi connectivity index (χ0v) is 32.9. The maximum Gasteiger partial charge on any atom is 0.136 e. The molecule has 0 bridgehead atoms. The van der Waals surface area contributed by atoms with Gasteiger partial charge in [0.05, 0.1) is 0 Å². The van der Waals surface area contributed by atoms with Crippen LogP contribution in [0, 0.1) is 0 Å². The van der Waals surface area contributed by atoms with Gasteiger partial charge < -0.3 is 9.32 Å². The Morgan fingerprint density at radius 1 is 0.407 bits per heavy atom. The number of para-hydroxylation sites is 1. The summed E-state index contributed by atoms with van der Waals surface area (Å²) in [6.45, 7) is 10.0. The molecule has 11 rings (SSSR count). The van der Waals surface area contributed by atoms with E-state index in [0.29, 0.717) is 0 Å². The number of anilines is 3. The second-order valence-corrected chi connectivity index (χ2v) is 24.8. The van der Waals surface area contributed by atoms with Gasteiger partial charge in [0.1, 0.15) is 27.3 Å². The summed E-state index contributed by atoms with van der Waals surface area (Å²) < 4.78 is 6.39. The van der Waals surface area contributed by atoms with Gasteiger partial charge >= 0.3 is 0 Å². The Morgan fingerprint density at radius 3 is 1.81 bits per heavy atom. The van der Waals surface area contributed by atoms with Gasteiger partial charge in [-0.15, -0.1) is 0 Å². The Kier molecular flexibility index (Phi) is 6.60. The molecule has 0 aliphatic carbocycles. The van der Waals surface area contributed by atoms with E-state index in [1.165, 1.54) is 87.0 Å². The van der Waals surface area contributed by atoms with Crippen molar-refractivity contribution in [2.24, 2.45) is 0 Å². The number of hydrogen-bond acceptors (Lipinski definition) is 2. The van der Waals surface area contributed by atoms with Crippen LogP contribution in [0.5, 0.6) is 0 Å². The molecule has 258 valence electrons. The van der Waals surface area contributed by atoms with Gasteiger partial charge in [-0.05, 0) is 113 Å². The van der Waals surface area contributed by atoms with Gasteiger partial charge in [0, 0.05) is 27.8 Å². The Hall–Kier alpha value is -5.95. The Balaban J connectivity index is 1.10. The number of hydrogen-bond donors (Lipinski definition) is 0. The summed E-state index contributed by atoms with van der Waals surface area (Å²) in [4.78, 5) is 2.50. The molecule has 4 heteroatoms. The standard InChI is InChI=1S/C50H39NOSi2/c1-53(2)45-19-10-8-15-39(45)40-26-24-35(30-47(40)53)51(34-22-20-33(21-23-34)38-17-11-13-32-12-5-6-14-37(32)38)36-25-27-42-48(31-36)54(3,4)46-29-28-44-49(50(42)46)41-16-7-9-18-43(41)52-44/h5-31H,1-4H3. The summed E-state index contributed by atoms with van der Waals surface area (Å²) in [6.07, 6.45) is 0. The third-order valence-corrected chi connectivity index (χ3v) is 19.5. The predicted molar refractivity (Wildman–Crippen MR) is 236 cm³/mol. The first-order chi connectivity index (χ1) is 26.3. The van der Waals surface area contributed by atoms with E-state index in [4.69, 9.17) is 4.42 Å². The third-order valence-electron chi connectivity index (χ3n) is 12.5. The van der Waals surface area contributed by atoms with Crippen LogP contribution in [0.15, 0.2) is 168 Å². The largest absolute Gasteiger partial charge is 0.456 e. The van der Waals surface area contributed by atoms with Gasteiger partial charge in [0.15, 0.2) is 0 Å². The molecular weight excluding hydrogens is 687 g/mol. The van der Waals surface area contributed by atoms with E-state index >= 15 is 0 Å². The van der Waals surface area contributed by atoms with E-state index < -0.39 is 16.1 Å². The van der Waals surface area contributed by atoms with Crippen molar-refractivity contribution in [3.05, 3.63) is 164 Å². The van der Waals surface area contributed by atoms with Crippen molar-refractivity contribution in [3.63, 3.8) is 0 Å². The summed E-state index contributed by atoms with van der Waals surface area (Å²) in [5.41, 5.74) is 13.5. The van der Waals surface area contributed by atoms with E-state index in [-0.39, 0.29) is 0 Å². The molecule has 0 atom stereocenters. The first-order valence-corrected chi connectivity index (χ1v) is 25.0. The highest BCUT2D eigenvalue weighted by Gasteiger charge is 2.41. The summed E-state index contributed by atoms with van der Waals surface area (Å²) in [5, 5.41) is 11.0. The molecule has 0 fully saturated rings. The Labute approximate surface area is 318 Å². The lowest BCUT2D eigenvalue weighted by atomic mass is 9.97. The van der Waals surface area contributed by atoms with Crippen molar-refractivity contribution in [1.82, 2.24) is 0 Å². The number of nitrogens with zero attached hydrogens (tertiary/aromatic N) is 1. The Morgan fingerprint density at radius 2 is 1.00 bits per heavy atom. The maximum atomic E-state index is 6.39. The van der Waals surface area contributed by atoms with Crippen LogP contribution in [0.1, 0.15) is 0 Å². The lowest BCUT2D eigenvalue weighted by Gasteiger charge is -2.29. The Bertz CT molecular complexity index is 3000. The molecule has 0 saturated heterocycles. The lowest BCUT2D eigenvalue weighted by molar-refractivity contribution is 0.669. The van der Waals surface area contributed by atoms with Crippen molar-refractivity contribution >= 4 is 86.7 Å². The minimum atomic E-state index is -2.06. The van der Waals surface area contributed by atoms with Crippen LogP contribution in [-0.2, 0) is 0 Å². The molecule has 8 aromatic carbocycles. The molecule has 0 N–H and O–H groups in total. The molecule has 0 saturated carbocycles. The maximum absolute atomic E-state index is 6.39. The minimum Gasteiger partial charge on any atom is -0.456 e. The highest BCUT2D eigenvalue weighted by atomic mass is 28.3. The molecule has 2 aliphatic rings. The van der Waals surface area contributed by atoms with E-state index in [0.717, 1.165) is 16.9 Å². The summed E-state index contributed by atoms with van der Waals surface area (Å²) in [6, 6.07) is 61.1. The van der Waals surface area contributed by atoms with Crippen LogP contribution in [0.25, 0.3) is 66.1 Å². The summed E-state index contributed by atoms with van der Waals surface area (Å²) in [7, 11) is -3.96. The van der Waals surface area contributed by atoms with Crippen molar-refractivity contribution in [1.29, 1.82) is 0 Å². The van der Waals surface area contributed by atoms with Gasteiger partial charge in [-0.25, -0.2) is 0 Å². The van der Waals surface area contributed by atoms with Crippen LogP contribution in [0.3, 0.4) is 0 Å². The fraction of sp³-hybridized carbons (Fsp3) is 0.0800. The number of benzene rings is 8. The topological polar surface area (TPSA) is 16.4 Å². The van der Waals surface area contributed by atoms with Crippen LogP contribution < -0.4 is 25.6 Å². The summed E-state index contributed by atoms with van der Waals surface area (Å²) >= 11 is 0. The van der Waals surface area contributed by atoms with Gasteiger partial charge in [-0.1, -0.05) is 141 Å². The predicted octanol–water partition coefficient (Wildman–Crippen LogP) is 11.5. The van der Waals surface area contributed by atoms with Gasteiger partial charge in [0.2, 0.25) is 0 Å². The third kappa shape index (κ3) is 4.38. The van der Waals surface area contributed by atoms with Gasteiger partial charge in [-0.2, -0.15) is 0 Å². The number of fused-ring (bicyclic) bond motifs is 11. The molecule has 0 unspecified atom stereocenters. The van der Waals surface area contributed by atoms with Crippen molar-refractivity contribution in [2.45, 2.75) is 26.2 Å². The molecule has 3 heterocycles. The fourth-order valence-electron chi connectivity index (χ4n) is 9.71. The molecule has 9 aromatic rings. The normalized spacial score (nSPS) is 14.6. The highest BCUT2D eigenvalue weighted by Crippen LogP contribution is 2.43. The lowest BCUT2D eigenvalue weighted by Crippen LogP contribution is -2.49. The molecule has 0 amide bonds. The second-order valence-electron chi connectivity index (χ2n) is 16.1. The van der Waals surface area contributed by atoms with Crippen LogP contribution in [0.2, 0.25) is 26.2 Å². The van der Waals surface area contributed by atoms with Crippen LogP contribution in [0.4, 0.5) is 17.1 Å². The van der Waals surface area contributed by atoms with Crippen LogP contribution >= 0.6 is 0 Å². The average Bonchev–Trinajstić information content (AvgIpc) is 3.77. The van der Waals surface area contributed by atoms with E-state index in [1.54, 1.807) is 0 Å². The molecule has 2 aliphatic heterocycles. The smallest absolute Gasteiger partial charge is 0.136 e. The monoisotopic (exact) mass is 725 g/mol. The van der Waals surface area contributed by atoms with Crippen LogP contribution in [-0.4, -0.2) is 16.1 Å². The first kappa shape index (κ1) is 31.6.